The molecule has 0 bridgehead atoms. The SMILES string of the molecule is CCOC(=O)c1ccc(NC(=O)NCCCN2CCN(Cc3ccc(OC)cc3)CC2)cc1. The molecule has 2 aromatic carbocycles. The molecule has 2 amide bonds. The summed E-state index contributed by atoms with van der Waals surface area (Å²) >= 11 is 0. The summed E-state index contributed by atoms with van der Waals surface area (Å²) in [5.41, 5.74) is 2.40. The van der Waals surface area contributed by atoms with Crippen LogP contribution in [0.2, 0.25) is 0 Å². The molecule has 0 unspecified atom stereocenters. The van der Waals surface area contributed by atoms with Crippen molar-refractivity contribution in [2.75, 3.05) is 58.3 Å². The summed E-state index contributed by atoms with van der Waals surface area (Å²) < 4.78 is 10.2. The Morgan fingerprint density at radius 2 is 1.61 bits per heavy atom. The molecule has 1 fully saturated rings. The number of urea groups is 1. The Morgan fingerprint density at radius 1 is 0.939 bits per heavy atom. The van der Waals surface area contributed by atoms with Crippen LogP contribution >= 0.6 is 0 Å². The molecule has 2 aromatic rings. The van der Waals surface area contributed by atoms with Gasteiger partial charge in [0.1, 0.15) is 5.75 Å². The molecule has 8 nitrogen and oxygen atoms in total. The molecule has 0 aromatic heterocycles. The minimum absolute atomic E-state index is 0.247. The number of methoxy groups -OCH3 is 1. The maximum atomic E-state index is 12.1. The molecule has 0 saturated carbocycles. The van der Waals surface area contributed by atoms with Crippen molar-refractivity contribution < 1.29 is 19.1 Å². The van der Waals surface area contributed by atoms with Gasteiger partial charge in [-0.25, -0.2) is 9.59 Å². The van der Waals surface area contributed by atoms with Crippen molar-refractivity contribution in [1.82, 2.24) is 15.1 Å². The first-order valence-corrected chi connectivity index (χ1v) is 11.5. The third-order valence-electron chi connectivity index (χ3n) is 5.62. The second-order valence-electron chi connectivity index (χ2n) is 8.00. The molecular weight excluding hydrogens is 420 g/mol. The smallest absolute Gasteiger partial charge is 0.338 e. The molecule has 1 saturated heterocycles. The number of nitrogens with one attached hydrogen (secondary N) is 2. The molecule has 0 aliphatic carbocycles. The van der Waals surface area contributed by atoms with E-state index >= 15 is 0 Å². The van der Waals surface area contributed by atoms with Crippen molar-refractivity contribution in [3.8, 4) is 5.75 Å². The molecule has 3 rings (SSSR count). The summed E-state index contributed by atoms with van der Waals surface area (Å²) in [5, 5.41) is 5.67. The van der Waals surface area contributed by atoms with E-state index in [2.05, 4.69) is 32.6 Å². The summed E-state index contributed by atoms with van der Waals surface area (Å²) in [6.07, 6.45) is 0.897. The van der Waals surface area contributed by atoms with Gasteiger partial charge >= 0.3 is 12.0 Å². The minimum atomic E-state index is -0.366. The van der Waals surface area contributed by atoms with Crippen LogP contribution in [0.25, 0.3) is 0 Å². The van der Waals surface area contributed by atoms with Crippen LogP contribution in [0, 0.1) is 0 Å². The second kappa shape index (κ2) is 12.8. The lowest BCUT2D eigenvalue weighted by Crippen LogP contribution is -2.46. The molecule has 2 N–H and O–H groups in total. The number of carbonyl (C=O) groups is 2. The Bertz CT molecular complexity index is 878. The van der Waals surface area contributed by atoms with E-state index in [0.717, 1.165) is 51.4 Å². The van der Waals surface area contributed by atoms with E-state index in [1.807, 2.05) is 12.1 Å². The van der Waals surface area contributed by atoms with Gasteiger partial charge in [0, 0.05) is 45.0 Å². The Balaban J connectivity index is 1.28. The van der Waals surface area contributed by atoms with Crippen molar-refractivity contribution in [3.05, 3.63) is 59.7 Å². The van der Waals surface area contributed by atoms with E-state index in [-0.39, 0.29) is 12.0 Å². The van der Waals surface area contributed by atoms with Gasteiger partial charge in [0.15, 0.2) is 0 Å². The van der Waals surface area contributed by atoms with Crippen LogP contribution < -0.4 is 15.4 Å². The van der Waals surface area contributed by atoms with Crippen molar-refractivity contribution in [2.24, 2.45) is 0 Å². The van der Waals surface area contributed by atoms with E-state index < -0.39 is 0 Å². The van der Waals surface area contributed by atoms with E-state index in [1.54, 1.807) is 38.3 Å². The van der Waals surface area contributed by atoms with E-state index in [1.165, 1.54) is 5.56 Å². The van der Waals surface area contributed by atoms with Crippen LogP contribution in [0.4, 0.5) is 10.5 Å². The highest BCUT2D eigenvalue weighted by atomic mass is 16.5. The molecule has 1 aliphatic rings. The molecule has 8 heteroatoms. The van der Waals surface area contributed by atoms with E-state index in [9.17, 15) is 9.59 Å². The van der Waals surface area contributed by atoms with Crippen LogP contribution in [0.5, 0.6) is 5.75 Å². The lowest BCUT2D eigenvalue weighted by atomic mass is 10.2. The third kappa shape index (κ3) is 8.07. The summed E-state index contributed by atoms with van der Waals surface area (Å²) in [6.45, 7) is 8.79. The Hall–Kier alpha value is -3.10. The number of esters is 1. The minimum Gasteiger partial charge on any atom is -0.497 e. The van der Waals surface area contributed by atoms with Gasteiger partial charge in [-0.15, -0.1) is 0 Å². The van der Waals surface area contributed by atoms with Crippen LogP contribution in [0.1, 0.15) is 29.3 Å². The number of hydrogen-bond donors (Lipinski definition) is 2. The molecule has 33 heavy (non-hydrogen) atoms. The summed E-state index contributed by atoms with van der Waals surface area (Å²) in [6, 6.07) is 14.7. The van der Waals surface area contributed by atoms with Crippen LogP contribution in [-0.2, 0) is 11.3 Å². The molecule has 178 valence electrons. The number of amides is 2. The largest absolute Gasteiger partial charge is 0.497 e. The number of rotatable bonds is 10. The Morgan fingerprint density at radius 3 is 2.24 bits per heavy atom. The fraction of sp³-hybridized carbons (Fsp3) is 0.440. The number of benzene rings is 2. The van der Waals surface area contributed by atoms with Gasteiger partial charge < -0.3 is 25.0 Å². The normalized spacial score (nSPS) is 14.5. The highest BCUT2D eigenvalue weighted by molar-refractivity contribution is 5.92. The standard InChI is InChI=1S/C25H34N4O4/c1-3-33-24(30)21-7-9-22(10-8-21)27-25(31)26-13-4-14-28-15-17-29(18-16-28)19-20-5-11-23(32-2)12-6-20/h5-12H,3-4,13-19H2,1-2H3,(H2,26,27,31). The first-order valence-electron chi connectivity index (χ1n) is 11.5. The van der Waals surface area contributed by atoms with Gasteiger partial charge in [-0.1, -0.05) is 12.1 Å². The van der Waals surface area contributed by atoms with Gasteiger partial charge in [-0.3, -0.25) is 4.90 Å². The summed E-state index contributed by atoms with van der Waals surface area (Å²) in [7, 11) is 1.68. The number of carbonyl (C=O) groups excluding carboxylic acids is 2. The number of piperazine rings is 1. The van der Waals surface area contributed by atoms with Crippen molar-refractivity contribution in [1.29, 1.82) is 0 Å². The fourth-order valence-corrected chi connectivity index (χ4v) is 3.74. The predicted molar refractivity (Wildman–Crippen MR) is 129 cm³/mol. The van der Waals surface area contributed by atoms with Crippen molar-refractivity contribution in [3.63, 3.8) is 0 Å². The quantitative estimate of drug-likeness (QED) is 0.424. The lowest BCUT2D eigenvalue weighted by Gasteiger charge is -2.34. The predicted octanol–water partition coefficient (Wildman–Crippen LogP) is 3.20. The van der Waals surface area contributed by atoms with E-state index in [0.29, 0.717) is 24.4 Å². The fourth-order valence-electron chi connectivity index (χ4n) is 3.74. The van der Waals surface area contributed by atoms with Crippen LogP contribution in [-0.4, -0.2) is 74.8 Å². The van der Waals surface area contributed by atoms with Gasteiger partial charge in [-0.2, -0.15) is 0 Å². The Kier molecular flexibility index (Phi) is 9.53. The first-order chi connectivity index (χ1) is 16.1. The maximum Gasteiger partial charge on any atom is 0.338 e. The Labute approximate surface area is 195 Å². The number of hydrogen-bond acceptors (Lipinski definition) is 6. The van der Waals surface area contributed by atoms with Gasteiger partial charge in [0.25, 0.3) is 0 Å². The molecular formula is C25H34N4O4. The van der Waals surface area contributed by atoms with E-state index in [4.69, 9.17) is 9.47 Å². The zero-order valence-electron chi connectivity index (χ0n) is 19.5. The molecule has 0 radical (unpaired) electrons. The highest BCUT2D eigenvalue weighted by Crippen LogP contribution is 2.14. The topological polar surface area (TPSA) is 83.1 Å². The van der Waals surface area contributed by atoms with Gasteiger partial charge in [-0.05, 0) is 61.9 Å². The van der Waals surface area contributed by atoms with Gasteiger partial charge in [0.2, 0.25) is 0 Å². The zero-order chi connectivity index (χ0) is 23.5. The van der Waals surface area contributed by atoms with Gasteiger partial charge in [0.05, 0.1) is 19.3 Å². The number of anilines is 1. The van der Waals surface area contributed by atoms with Crippen LogP contribution in [0.15, 0.2) is 48.5 Å². The highest BCUT2D eigenvalue weighted by Gasteiger charge is 2.16. The summed E-state index contributed by atoms with van der Waals surface area (Å²) in [4.78, 5) is 28.7. The molecule has 1 aliphatic heterocycles. The monoisotopic (exact) mass is 454 g/mol. The maximum absolute atomic E-state index is 12.1. The zero-order valence-corrected chi connectivity index (χ0v) is 19.5. The van der Waals surface area contributed by atoms with Crippen LogP contribution in [0.3, 0.4) is 0 Å². The number of nitrogens with zero attached hydrogens (tertiary/aromatic N) is 2. The third-order valence-corrected chi connectivity index (χ3v) is 5.62. The van der Waals surface area contributed by atoms with Crippen molar-refractivity contribution >= 4 is 17.7 Å². The second-order valence-corrected chi connectivity index (χ2v) is 8.00. The molecule has 0 atom stereocenters. The number of ether oxygens (including phenoxy) is 2. The lowest BCUT2D eigenvalue weighted by molar-refractivity contribution is 0.0526. The van der Waals surface area contributed by atoms with Crippen molar-refractivity contribution in [2.45, 2.75) is 19.9 Å². The summed E-state index contributed by atoms with van der Waals surface area (Å²) in [5.74, 6) is 0.521. The first kappa shape index (κ1) is 24.5. The average Bonchev–Trinajstić information content (AvgIpc) is 2.84. The molecule has 0 spiro atoms. The average molecular weight is 455 g/mol. The molecule has 1 heterocycles.